The van der Waals surface area contributed by atoms with Gasteiger partial charge in [0.2, 0.25) is 0 Å². The van der Waals surface area contributed by atoms with E-state index in [4.69, 9.17) is 4.74 Å². The largest absolute Gasteiger partial charge is 0.465 e. The molecule has 0 aliphatic heterocycles. The van der Waals surface area contributed by atoms with Gasteiger partial charge < -0.3 is 10.1 Å². The quantitative estimate of drug-likeness (QED) is 0.841. The third-order valence-electron chi connectivity index (χ3n) is 2.60. The number of hydrogen-bond donors (Lipinski definition) is 1. The van der Waals surface area contributed by atoms with Gasteiger partial charge in [-0.2, -0.15) is 0 Å². The molecule has 1 N–H and O–H groups in total. The Bertz CT molecular complexity index is 553. The topological polar surface area (TPSA) is 51.2 Å². The molecule has 1 aromatic carbocycles. The number of benzene rings is 1. The van der Waals surface area contributed by atoms with Crippen molar-refractivity contribution in [3.05, 3.63) is 53.9 Å². The normalized spacial score (nSPS) is 9.89. The SMILES string of the molecule is COC(=O)c1ccc(Nc2ccncc2)cc1C. The molecule has 0 spiro atoms. The van der Waals surface area contributed by atoms with Gasteiger partial charge in [-0.3, -0.25) is 4.98 Å². The summed E-state index contributed by atoms with van der Waals surface area (Å²) in [4.78, 5) is 15.4. The van der Waals surface area contributed by atoms with Crippen molar-refractivity contribution in [3.63, 3.8) is 0 Å². The molecule has 0 fully saturated rings. The van der Waals surface area contributed by atoms with Crippen molar-refractivity contribution < 1.29 is 9.53 Å². The monoisotopic (exact) mass is 242 g/mol. The summed E-state index contributed by atoms with van der Waals surface area (Å²) in [5.41, 5.74) is 3.33. The van der Waals surface area contributed by atoms with Crippen LogP contribution in [0.5, 0.6) is 0 Å². The van der Waals surface area contributed by atoms with Crippen LogP contribution in [0.25, 0.3) is 0 Å². The zero-order chi connectivity index (χ0) is 13.0. The first-order chi connectivity index (χ1) is 8.70. The number of anilines is 2. The minimum absolute atomic E-state index is 0.317. The molecule has 0 radical (unpaired) electrons. The molecule has 0 unspecified atom stereocenters. The summed E-state index contributed by atoms with van der Waals surface area (Å²) >= 11 is 0. The van der Waals surface area contributed by atoms with E-state index in [0.717, 1.165) is 16.9 Å². The van der Waals surface area contributed by atoms with Crippen LogP contribution in [-0.4, -0.2) is 18.1 Å². The number of aryl methyl sites for hydroxylation is 1. The molecule has 0 aliphatic rings. The smallest absolute Gasteiger partial charge is 0.338 e. The molecule has 18 heavy (non-hydrogen) atoms. The highest BCUT2D eigenvalue weighted by Gasteiger charge is 2.09. The number of hydrogen-bond acceptors (Lipinski definition) is 4. The average molecular weight is 242 g/mol. The van der Waals surface area contributed by atoms with Gasteiger partial charge in [-0.25, -0.2) is 4.79 Å². The highest BCUT2D eigenvalue weighted by molar-refractivity contribution is 5.91. The molecular weight excluding hydrogens is 228 g/mol. The van der Waals surface area contributed by atoms with Crippen molar-refractivity contribution >= 4 is 17.3 Å². The van der Waals surface area contributed by atoms with E-state index in [9.17, 15) is 4.79 Å². The van der Waals surface area contributed by atoms with Crippen LogP contribution in [0.4, 0.5) is 11.4 Å². The lowest BCUT2D eigenvalue weighted by Crippen LogP contribution is -2.04. The first kappa shape index (κ1) is 12.1. The maximum Gasteiger partial charge on any atom is 0.338 e. The summed E-state index contributed by atoms with van der Waals surface area (Å²) in [6, 6.07) is 9.27. The van der Waals surface area contributed by atoms with Gasteiger partial charge in [0.1, 0.15) is 0 Å². The molecule has 1 aromatic heterocycles. The van der Waals surface area contributed by atoms with E-state index in [0.29, 0.717) is 5.56 Å². The lowest BCUT2D eigenvalue weighted by molar-refractivity contribution is 0.0600. The van der Waals surface area contributed by atoms with E-state index in [1.54, 1.807) is 18.5 Å². The van der Waals surface area contributed by atoms with E-state index in [1.165, 1.54) is 7.11 Å². The van der Waals surface area contributed by atoms with Gasteiger partial charge in [0.25, 0.3) is 0 Å². The number of rotatable bonds is 3. The van der Waals surface area contributed by atoms with Crippen molar-refractivity contribution in [2.75, 3.05) is 12.4 Å². The first-order valence-corrected chi connectivity index (χ1v) is 5.56. The Kier molecular flexibility index (Phi) is 3.57. The fourth-order valence-electron chi connectivity index (χ4n) is 1.68. The molecule has 0 saturated heterocycles. The summed E-state index contributed by atoms with van der Waals surface area (Å²) in [5, 5.41) is 3.24. The lowest BCUT2D eigenvalue weighted by Gasteiger charge is -2.09. The number of carbonyl (C=O) groups excluding carboxylic acids is 1. The Balaban J connectivity index is 2.22. The fraction of sp³-hybridized carbons (Fsp3) is 0.143. The van der Waals surface area contributed by atoms with Gasteiger partial charge in [-0.15, -0.1) is 0 Å². The minimum atomic E-state index is -0.317. The zero-order valence-electron chi connectivity index (χ0n) is 10.3. The second-order valence-electron chi connectivity index (χ2n) is 3.88. The standard InChI is InChI=1S/C14H14N2O2/c1-10-9-12(3-4-13(10)14(17)18-2)16-11-5-7-15-8-6-11/h3-9H,1-2H3,(H,15,16). The fourth-order valence-corrected chi connectivity index (χ4v) is 1.68. The third-order valence-corrected chi connectivity index (χ3v) is 2.60. The Morgan fingerprint density at radius 1 is 1.17 bits per heavy atom. The predicted octanol–water partition coefficient (Wildman–Crippen LogP) is 2.92. The van der Waals surface area contributed by atoms with Crippen molar-refractivity contribution in [1.82, 2.24) is 4.98 Å². The van der Waals surface area contributed by atoms with Gasteiger partial charge in [0, 0.05) is 23.8 Å². The second-order valence-corrected chi connectivity index (χ2v) is 3.88. The van der Waals surface area contributed by atoms with E-state index >= 15 is 0 Å². The van der Waals surface area contributed by atoms with Crippen molar-refractivity contribution in [2.45, 2.75) is 6.92 Å². The number of methoxy groups -OCH3 is 1. The van der Waals surface area contributed by atoms with Crippen molar-refractivity contribution in [3.8, 4) is 0 Å². The molecule has 0 atom stereocenters. The predicted molar refractivity (Wildman–Crippen MR) is 70.0 cm³/mol. The minimum Gasteiger partial charge on any atom is -0.465 e. The van der Waals surface area contributed by atoms with E-state index < -0.39 is 0 Å². The second kappa shape index (κ2) is 5.31. The maximum absolute atomic E-state index is 11.5. The van der Waals surface area contributed by atoms with Crippen molar-refractivity contribution in [2.24, 2.45) is 0 Å². The Morgan fingerprint density at radius 2 is 1.89 bits per heavy atom. The van der Waals surface area contributed by atoms with Crippen LogP contribution in [0.1, 0.15) is 15.9 Å². The van der Waals surface area contributed by atoms with Crippen LogP contribution in [-0.2, 0) is 4.74 Å². The molecule has 0 aliphatic carbocycles. The van der Waals surface area contributed by atoms with Crippen molar-refractivity contribution in [1.29, 1.82) is 0 Å². The number of esters is 1. The van der Waals surface area contributed by atoms with Crippen LogP contribution in [0, 0.1) is 6.92 Å². The Labute approximate surface area is 106 Å². The molecule has 0 bridgehead atoms. The Hall–Kier alpha value is -2.36. The first-order valence-electron chi connectivity index (χ1n) is 5.56. The number of nitrogens with one attached hydrogen (secondary N) is 1. The van der Waals surface area contributed by atoms with Gasteiger partial charge in [-0.05, 0) is 42.8 Å². The van der Waals surface area contributed by atoms with Crippen LogP contribution >= 0.6 is 0 Å². The highest BCUT2D eigenvalue weighted by Crippen LogP contribution is 2.19. The molecule has 0 amide bonds. The number of pyridine rings is 1. The number of carbonyl (C=O) groups is 1. The van der Waals surface area contributed by atoms with Gasteiger partial charge in [0.05, 0.1) is 12.7 Å². The molecule has 2 rings (SSSR count). The molecular formula is C14H14N2O2. The van der Waals surface area contributed by atoms with Crippen LogP contribution in [0.3, 0.4) is 0 Å². The summed E-state index contributed by atoms with van der Waals surface area (Å²) < 4.78 is 4.71. The summed E-state index contributed by atoms with van der Waals surface area (Å²) in [6.45, 7) is 1.88. The van der Waals surface area contributed by atoms with E-state index in [2.05, 4.69) is 10.3 Å². The van der Waals surface area contributed by atoms with E-state index in [-0.39, 0.29) is 5.97 Å². The van der Waals surface area contributed by atoms with Crippen LogP contribution in [0.15, 0.2) is 42.7 Å². The molecule has 0 saturated carbocycles. The number of aromatic nitrogens is 1. The molecule has 4 nitrogen and oxygen atoms in total. The number of nitrogens with zero attached hydrogens (tertiary/aromatic N) is 1. The Morgan fingerprint density at radius 3 is 2.50 bits per heavy atom. The van der Waals surface area contributed by atoms with Gasteiger partial charge in [-0.1, -0.05) is 0 Å². The molecule has 92 valence electrons. The van der Waals surface area contributed by atoms with Crippen LogP contribution in [0.2, 0.25) is 0 Å². The van der Waals surface area contributed by atoms with Gasteiger partial charge in [0.15, 0.2) is 0 Å². The highest BCUT2D eigenvalue weighted by atomic mass is 16.5. The average Bonchev–Trinajstić information content (AvgIpc) is 2.39. The lowest BCUT2D eigenvalue weighted by atomic mass is 10.1. The van der Waals surface area contributed by atoms with E-state index in [1.807, 2.05) is 31.2 Å². The van der Waals surface area contributed by atoms with Crippen LogP contribution < -0.4 is 5.32 Å². The maximum atomic E-state index is 11.5. The van der Waals surface area contributed by atoms with Gasteiger partial charge >= 0.3 is 5.97 Å². The summed E-state index contributed by atoms with van der Waals surface area (Å²) in [6.07, 6.45) is 3.44. The molecule has 4 heteroatoms. The number of ether oxygens (including phenoxy) is 1. The third kappa shape index (κ3) is 2.66. The summed E-state index contributed by atoms with van der Waals surface area (Å²) in [5.74, 6) is -0.317. The zero-order valence-corrected chi connectivity index (χ0v) is 10.3. The molecule has 1 heterocycles. The summed E-state index contributed by atoms with van der Waals surface area (Å²) in [7, 11) is 1.38. The molecule has 2 aromatic rings.